The smallest absolute Gasteiger partial charge is 0.308 e. The highest BCUT2D eigenvalue weighted by Gasteiger charge is 2.19. The van der Waals surface area contributed by atoms with Gasteiger partial charge in [-0.2, -0.15) is 0 Å². The van der Waals surface area contributed by atoms with Crippen LogP contribution in [-0.4, -0.2) is 26.1 Å². The van der Waals surface area contributed by atoms with Crippen LogP contribution in [0.2, 0.25) is 0 Å². The van der Waals surface area contributed by atoms with E-state index < -0.39 is 10.0 Å². The summed E-state index contributed by atoms with van der Waals surface area (Å²) in [5, 5.41) is 0. The highest BCUT2D eigenvalue weighted by Crippen LogP contribution is 2.30. The third-order valence-corrected chi connectivity index (χ3v) is 7.14. The number of aryl methyl sites for hydroxylation is 1. The Bertz CT molecular complexity index is 1190. The van der Waals surface area contributed by atoms with Crippen LogP contribution in [0.15, 0.2) is 52.2 Å². The Kier molecular flexibility index (Phi) is 6.69. The number of nitrogens with one attached hydrogen (secondary N) is 1. The van der Waals surface area contributed by atoms with Crippen LogP contribution in [0.1, 0.15) is 39.7 Å². The number of hydrogen-bond acceptors (Lipinski definition) is 5. The normalized spacial score (nSPS) is 12.4. The van der Waals surface area contributed by atoms with Gasteiger partial charge in [-0.1, -0.05) is 57.2 Å². The number of benzene rings is 2. The first-order chi connectivity index (χ1) is 14.1. The van der Waals surface area contributed by atoms with Crippen LogP contribution >= 0.6 is 11.3 Å². The average Bonchev–Trinajstić information content (AvgIpc) is 3.00. The van der Waals surface area contributed by atoms with Crippen molar-refractivity contribution in [3.8, 4) is 5.75 Å². The van der Waals surface area contributed by atoms with Gasteiger partial charge in [0.1, 0.15) is 12.4 Å². The van der Waals surface area contributed by atoms with E-state index in [-0.39, 0.29) is 28.3 Å². The van der Waals surface area contributed by atoms with Crippen molar-refractivity contribution in [2.45, 2.75) is 51.0 Å². The van der Waals surface area contributed by atoms with Crippen molar-refractivity contribution in [3.63, 3.8) is 0 Å². The first-order valence-electron chi connectivity index (χ1n) is 9.99. The van der Waals surface area contributed by atoms with Crippen LogP contribution in [0.25, 0.3) is 10.2 Å². The molecule has 1 aromatic heterocycles. The van der Waals surface area contributed by atoms with E-state index in [4.69, 9.17) is 4.74 Å². The lowest BCUT2D eigenvalue weighted by Crippen LogP contribution is -2.28. The van der Waals surface area contributed by atoms with Gasteiger partial charge in [-0.25, -0.2) is 13.1 Å². The monoisotopic (exact) mass is 448 g/mol. The van der Waals surface area contributed by atoms with E-state index in [2.05, 4.69) is 25.5 Å². The molecule has 3 rings (SSSR count). The summed E-state index contributed by atoms with van der Waals surface area (Å²) < 4.78 is 36.1. The van der Waals surface area contributed by atoms with Crippen LogP contribution in [-0.2, 0) is 22.0 Å². The molecule has 2 aromatic carbocycles. The van der Waals surface area contributed by atoms with Gasteiger partial charge in [-0.15, -0.1) is 0 Å². The van der Waals surface area contributed by atoms with Crippen LogP contribution in [0.5, 0.6) is 5.75 Å². The first kappa shape index (κ1) is 22.5. The number of rotatable bonds is 8. The van der Waals surface area contributed by atoms with E-state index in [1.807, 2.05) is 31.2 Å². The highest BCUT2D eigenvalue weighted by molar-refractivity contribution is 7.89. The van der Waals surface area contributed by atoms with E-state index >= 15 is 0 Å². The number of fused-ring (bicyclic) bond motifs is 1. The van der Waals surface area contributed by atoms with Crippen molar-refractivity contribution in [1.82, 2.24) is 9.29 Å². The van der Waals surface area contributed by atoms with Crippen molar-refractivity contribution in [2.75, 3.05) is 13.2 Å². The lowest BCUT2D eigenvalue weighted by molar-refractivity contribution is 0.314. The lowest BCUT2D eigenvalue weighted by atomic mass is 9.86. The molecule has 8 heteroatoms. The number of ether oxygens (including phenoxy) is 1. The van der Waals surface area contributed by atoms with Crippen molar-refractivity contribution in [3.05, 3.63) is 57.7 Å². The minimum atomic E-state index is -3.70. The van der Waals surface area contributed by atoms with Gasteiger partial charge in [-0.05, 0) is 41.7 Å². The van der Waals surface area contributed by atoms with Crippen molar-refractivity contribution in [1.29, 1.82) is 0 Å². The standard InChI is InChI=1S/C22H28N2O4S2/c1-5-13-24-18-11-10-16(15-20(18)29-21(24)25)30(26,27)23-12-14-28-19-9-7-6-8-17(19)22(2,3)4/h6-11,15,23H,5,12-14H2,1-4H3. The van der Waals surface area contributed by atoms with E-state index in [9.17, 15) is 13.2 Å². The third-order valence-electron chi connectivity index (χ3n) is 4.74. The van der Waals surface area contributed by atoms with E-state index in [1.54, 1.807) is 22.8 Å². The Hall–Kier alpha value is -2.16. The molecule has 0 saturated heterocycles. The van der Waals surface area contributed by atoms with Gasteiger partial charge in [0, 0.05) is 13.1 Å². The predicted molar refractivity (Wildman–Crippen MR) is 122 cm³/mol. The molecule has 6 nitrogen and oxygen atoms in total. The molecule has 3 aromatic rings. The van der Waals surface area contributed by atoms with Crippen LogP contribution in [0.3, 0.4) is 0 Å². The zero-order chi connectivity index (χ0) is 21.9. The molecule has 1 N–H and O–H groups in total. The molecule has 30 heavy (non-hydrogen) atoms. The van der Waals surface area contributed by atoms with Gasteiger partial charge in [-0.3, -0.25) is 9.36 Å². The summed E-state index contributed by atoms with van der Waals surface area (Å²) in [5.74, 6) is 0.757. The van der Waals surface area contributed by atoms with Gasteiger partial charge in [0.15, 0.2) is 0 Å². The van der Waals surface area contributed by atoms with Crippen molar-refractivity contribution < 1.29 is 13.2 Å². The lowest BCUT2D eigenvalue weighted by Gasteiger charge is -2.22. The van der Waals surface area contributed by atoms with E-state index in [1.165, 1.54) is 0 Å². The first-order valence-corrected chi connectivity index (χ1v) is 12.3. The van der Waals surface area contributed by atoms with Gasteiger partial charge in [0.05, 0.1) is 15.1 Å². The molecule has 0 amide bonds. The molecular formula is C22H28N2O4S2. The van der Waals surface area contributed by atoms with E-state index in [0.717, 1.165) is 34.6 Å². The molecule has 0 unspecified atom stereocenters. The SMILES string of the molecule is CCCn1c(=O)sc2cc(S(=O)(=O)NCCOc3ccccc3C(C)(C)C)ccc21. The molecule has 0 bridgehead atoms. The summed E-state index contributed by atoms with van der Waals surface area (Å²) in [6, 6.07) is 12.6. The average molecular weight is 449 g/mol. The minimum Gasteiger partial charge on any atom is -0.492 e. The van der Waals surface area contributed by atoms with E-state index in [0.29, 0.717) is 11.2 Å². The summed E-state index contributed by atoms with van der Waals surface area (Å²) in [6.07, 6.45) is 0.839. The summed E-state index contributed by atoms with van der Waals surface area (Å²) in [7, 11) is -3.70. The van der Waals surface area contributed by atoms with Crippen molar-refractivity contribution in [2.24, 2.45) is 0 Å². The summed E-state index contributed by atoms with van der Waals surface area (Å²) in [4.78, 5) is 12.2. The van der Waals surface area contributed by atoms with Gasteiger partial charge >= 0.3 is 4.87 Å². The Labute approximate surface area is 181 Å². The summed E-state index contributed by atoms with van der Waals surface area (Å²) in [6.45, 7) is 9.31. The number of nitrogens with zero attached hydrogens (tertiary/aromatic N) is 1. The third kappa shape index (κ3) is 4.94. The second-order valence-electron chi connectivity index (χ2n) is 8.14. The zero-order valence-corrected chi connectivity index (χ0v) is 19.4. The van der Waals surface area contributed by atoms with Crippen molar-refractivity contribution >= 4 is 31.6 Å². The van der Waals surface area contributed by atoms with Gasteiger partial charge in [0.25, 0.3) is 0 Å². The molecule has 0 fully saturated rings. The Morgan fingerprint density at radius 3 is 2.57 bits per heavy atom. The maximum Gasteiger partial charge on any atom is 0.308 e. The number of thiazole rings is 1. The number of hydrogen-bond donors (Lipinski definition) is 1. The molecule has 0 aliphatic heterocycles. The highest BCUT2D eigenvalue weighted by atomic mass is 32.2. The fourth-order valence-corrected chi connectivity index (χ4v) is 5.35. The topological polar surface area (TPSA) is 77.4 Å². The summed E-state index contributed by atoms with van der Waals surface area (Å²) >= 11 is 1.07. The summed E-state index contributed by atoms with van der Waals surface area (Å²) in [5.41, 5.74) is 1.78. The zero-order valence-electron chi connectivity index (χ0n) is 17.8. The molecule has 0 atom stereocenters. The largest absolute Gasteiger partial charge is 0.492 e. The molecule has 0 aliphatic carbocycles. The Morgan fingerprint density at radius 2 is 1.87 bits per heavy atom. The van der Waals surface area contributed by atoms with Gasteiger partial charge in [0.2, 0.25) is 10.0 Å². The maximum atomic E-state index is 12.7. The molecule has 0 radical (unpaired) electrons. The van der Waals surface area contributed by atoms with Crippen LogP contribution in [0, 0.1) is 0 Å². The second-order valence-corrected chi connectivity index (χ2v) is 10.9. The minimum absolute atomic E-state index is 0.0682. The molecule has 0 aliphatic rings. The predicted octanol–water partition coefficient (Wildman–Crippen LogP) is 4.13. The number of aromatic nitrogens is 1. The second kappa shape index (κ2) is 8.91. The number of sulfonamides is 1. The van der Waals surface area contributed by atoms with Gasteiger partial charge < -0.3 is 4.74 Å². The number of para-hydroxylation sites is 1. The molecule has 0 saturated carbocycles. The molecule has 162 valence electrons. The fraction of sp³-hybridized carbons (Fsp3) is 0.409. The molecule has 0 spiro atoms. The quantitative estimate of drug-likeness (QED) is 0.526. The maximum absolute atomic E-state index is 12.7. The Morgan fingerprint density at radius 1 is 1.13 bits per heavy atom. The Balaban J connectivity index is 1.68. The fourth-order valence-electron chi connectivity index (χ4n) is 3.28. The molecular weight excluding hydrogens is 420 g/mol. The van der Waals surface area contributed by atoms with Crippen LogP contribution in [0.4, 0.5) is 0 Å². The van der Waals surface area contributed by atoms with Crippen LogP contribution < -0.4 is 14.3 Å². The molecule has 1 heterocycles.